The molecule has 0 spiro atoms. The fraction of sp³-hybridized carbons (Fsp3) is 0.600. The van der Waals surface area contributed by atoms with Crippen molar-refractivity contribution in [3.63, 3.8) is 0 Å². The quantitative estimate of drug-likeness (QED) is 0.787. The maximum atomic E-state index is 13.8. The highest BCUT2D eigenvalue weighted by Gasteiger charge is 2.33. The van der Waals surface area contributed by atoms with Gasteiger partial charge >= 0.3 is 6.18 Å². The molecule has 0 aliphatic heterocycles. The van der Waals surface area contributed by atoms with Crippen molar-refractivity contribution in [1.29, 1.82) is 0 Å². The molecule has 2 rings (SSSR count). The summed E-state index contributed by atoms with van der Waals surface area (Å²) in [5, 5.41) is 0. The average molecular weight is 289 g/mol. The number of hydrogen-bond donors (Lipinski definition) is 1. The summed E-state index contributed by atoms with van der Waals surface area (Å²) in [6.45, 7) is 2.15. The van der Waals surface area contributed by atoms with Crippen LogP contribution in [0.4, 0.5) is 17.6 Å². The van der Waals surface area contributed by atoms with E-state index in [0.29, 0.717) is 5.92 Å². The van der Waals surface area contributed by atoms with Crippen LogP contribution in [0, 0.1) is 17.7 Å². The molecule has 1 aromatic carbocycles. The second-order valence-electron chi connectivity index (χ2n) is 5.78. The van der Waals surface area contributed by atoms with Crippen LogP contribution in [0.3, 0.4) is 0 Å². The van der Waals surface area contributed by atoms with E-state index in [1.165, 1.54) is 0 Å². The third-order valence-corrected chi connectivity index (χ3v) is 4.25. The van der Waals surface area contributed by atoms with Crippen LogP contribution in [0.15, 0.2) is 18.2 Å². The maximum Gasteiger partial charge on any atom is 0.416 e. The molecule has 0 radical (unpaired) electrons. The fourth-order valence-electron chi connectivity index (χ4n) is 2.87. The summed E-state index contributed by atoms with van der Waals surface area (Å²) in [6, 6.07) is 1.82. The SMILES string of the molecule is CC1CCC(C(N)c2cc(C(F)(F)F)ccc2F)CC1. The molecule has 112 valence electrons. The third-order valence-electron chi connectivity index (χ3n) is 4.25. The molecule has 1 saturated carbocycles. The van der Waals surface area contributed by atoms with Crippen LogP contribution < -0.4 is 5.73 Å². The summed E-state index contributed by atoms with van der Waals surface area (Å²) < 4.78 is 51.9. The molecule has 0 amide bonds. The second-order valence-corrected chi connectivity index (χ2v) is 5.78. The van der Waals surface area contributed by atoms with Gasteiger partial charge in [0.05, 0.1) is 5.56 Å². The lowest BCUT2D eigenvalue weighted by Crippen LogP contribution is -2.26. The van der Waals surface area contributed by atoms with Crippen molar-refractivity contribution in [3.05, 3.63) is 35.1 Å². The second kappa shape index (κ2) is 5.72. The van der Waals surface area contributed by atoms with Gasteiger partial charge in [0.25, 0.3) is 0 Å². The number of hydrogen-bond acceptors (Lipinski definition) is 1. The third kappa shape index (κ3) is 3.32. The van der Waals surface area contributed by atoms with E-state index in [2.05, 4.69) is 6.92 Å². The molecule has 1 aliphatic rings. The van der Waals surface area contributed by atoms with Gasteiger partial charge in [0.1, 0.15) is 5.82 Å². The molecule has 1 fully saturated rings. The van der Waals surface area contributed by atoms with E-state index in [-0.39, 0.29) is 11.5 Å². The predicted molar refractivity (Wildman–Crippen MR) is 69.5 cm³/mol. The lowest BCUT2D eigenvalue weighted by Gasteiger charge is -2.31. The van der Waals surface area contributed by atoms with Gasteiger partial charge in [-0.1, -0.05) is 19.8 Å². The van der Waals surface area contributed by atoms with Crippen LogP contribution in [0.1, 0.15) is 49.8 Å². The largest absolute Gasteiger partial charge is 0.416 e. The molecule has 1 aromatic rings. The van der Waals surface area contributed by atoms with Crippen LogP contribution in [-0.2, 0) is 6.18 Å². The summed E-state index contributed by atoms with van der Waals surface area (Å²) in [4.78, 5) is 0. The zero-order valence-corrected chi connectivity index (χ0v) is 11.4. The fourth-order valence-corrected chi connectivity index (χ4v) is 2.87. The average Bonchev–Trinajstić information content (AvgIpc) is 2.38. The van der Waals surface area contributed by atoms with Gasteiger partial charge in [-0.25, -0.2) is 4.39 Å². The Kier molecular flexibility index (Phi) is 4.37. The van der Waals surface area contributed by atoms with Crippen molar-refractivity contribution in [2.45, 2.75) is 44.8 Å². The Morgan fingerprint density at radius 1 is 1.15 bits per heavy atom. The molecule has 1 atom stereocenters. The highest BCUT2D eigenvalue weighted by Crippen LogP contribution is 2.38. The molecule has 1 aliphatic carbocycles. The van der Waals surface area contributed by atoms with E-state index in [0.717, 1.165) is 43.9 Å². The number of benzene rings is 1. The van der Waals surface area contributed by atoms with Crippen LogP contribution in [0.25, 0.3) is 0 Å². The van der Waals surface area contributed by atoms with Crippen molar-refractivity contribution >= 4 is 0 Å². The minimum atomic E-state index is -4.47. The van der Waals surface area contributed by atoms with Crippen molar-refractivity contribution in [2.24, 2.45) is 17.6 Å². The number of nitrogens with two attached hydrogens (primary N) is 1. The Hall–Kier alpha value is -1.10. The first kappa shape index (κ1) is 15.3. The van der Waals surface area contributed by atoms with Crippen LogP contribution >= 0.6 is 0 Å². The highest BCUT2D eigenvalue weighted by molar-refractivity contribution is 5.29. The molecule has 2 N–H and O–H groups in total. The molecule has 0 aromatic heterocycles. The summed E-state index contributed by atoms with van der Waals surface area (Å²) >= 11 is 0. The Morgan fingerprint density at radius 3 is 2.30 bits per heavy atom. The van der Waals surface area contributed by atoms with Gasteiger partial charge in [0.15, 0.2) is 0 Å². The Labute approximate surface area is 116 Å². The van der Waals surface area contributed by atoms with Crippen molar-refractivity contribution in [2.75, 3.05) is 0 Å². The monoisotopic (exact) mass is 289 g/mol. The highest BCUT2D eigenvalue weighted by atomic mass is 19.4. The Bertz CT molecular complexity index is 461. The maximum absolute atomic E-state index is 13.8. The van der Waals surface area contributed by atoms with Gasteiger partial charge < -0.3 is 5.73 Å². The Morgan fingerprint density at radius 2 is 1.75 bits per heavy atom. The van der Waals surface area contributed by atoms with E-state index in [1.807, 2.05) is 0 Å². The first-order chi connectivity index (χ1) is 9.29. The molecular weight excluding hydrogens is 270 g/mol. The summed E-state index contributed by atoms with van der Waals surface area (Å²) in [7, 11) is 0. The van der Waals surface area contributed by atoms with Gasteiger partial charge in [-0.3, -0.25) is 0 Å². The lowest BCUT2D eigenvalue weighted by molar-refractivity contribution is -0.137. The van der Waals surface area contributed by atoms with Gasteiger partial charge in [0, 0.05) is 11.6 Å². The van der Waals surface area contributed by atoms with E-state index in [1.54, 1.807) is 0 Å². The first-order valence-electron chi connectivity index (χ1n) is 6.91. The van der Waals surface area contributed by atoms with Crippen molar-refractivity contribution in [3.8, 4) is 0 Å². The summed E-state index contributed by atoms with van der Waals surface area (Å²) in [6.07, 6.45) is -0.781. The van der Waals surface area contributed by atoms with E-state index in [4.69, 9.17) is 5.73 Å². The molecule has 0 heterocycles. The van der Waals surface area contributed by atoms with E-state index >= 15 is 0 Å². The van der Waals surface area contributed by atoms with Gasteiger partial charge in [-0.05, 0) is 42.9 Å². The summed E-state index contributed by atoms with van der Waals surface area (Å²) in [5.41, 5.74) is 5.17. The standard InChI is InChI=1S/C15H19F4N/c1-9-2-4-10(5-3-9)14(20)12-8-11(15(17,18)19)6-7-13(12)16/h6-10,14H,2-5,20H2,1H3. The molecule has 0 saturated heterocycles. The Balaban J connectivity index is 2.22. The smallest absolute Gasteiger partial charge is 0.324 e. The number of alkyl halides is 3. The van der Waals surface area contributed by atoms with Crippen LogP contribution in [0.2, 0.25) is 0 Å². The van der Waals surface area contributed by atoms with Gasteiger partial charge in [-0.15, -0.1) is 0 Å². The zero-order chi connectivity index (χ0) is 14.9. The number of rotatable bonds is 2. The van der Waals surface area contributed by atoms with Gasteiger partial charge in [0.2, 0.25) is 0 Å². The van der Waals surface area contributed by atoms with Crippen LogP contribution in [-0.4, -0.2) is 0 Å². The first-order valence-corrected chi connectivity index (χ1v) is 6.91. The van der Waals surface area contributed by atoms with Crippen molar-refractivity contribution in [1.82, 2.24) is 0 Å². The minimum absolute atomic E-state index is 0.0145. The lowest BCUT2D eigenvalue weighted by atomic mass is 9.77. The van der Waals surface area contributed by atoms with Gasteiger partial charge in [-0.2, -0.15) is 13.2 Å². The van der Waals surface area contributed by atoms with E-state index < -0.39 is 23.6 Å². The molecule has 1 unspecified atom stereocenters. The van der Waals surface area contributed by atoms with Crippen molar-refractivity contribution < 1.29 is 17.6 Å². The minimum Gasteiger partial charge on any atom is -0.324 e. The molecule has 0 bridgehead atoms. The van der Waals surface area contributed by atoms with E-state index in [9.17, 15) is 17.6 Å². The molecule has 20 heavy (non-hydrogen) atoms. The summed E-state index contributed by atoms with van der Waals surface area (Å²) in [5.74, 6) is 0.0260. The normalized spacial score (nSPS) is 25.5. The van der Waals surface area contributed by atoms with Crippen LogP contribution in [0.5, 0.6) is 0 Å². The number of halogens is 4. The molecule has 5 heteroatoms. The molecule has 1 nitrogen and oxygen atoms in total. The topological polar surface area (TPSA) is 26.0 Å². The zero-order valence-electron chi connectivity index (χ0n) is 11.4. The predicted octanol–water partition coefficient (Wildman–Crippen LogP) is 4.67. The molecular formula is C15H19F4N.